The molecule has 0 fully saturated rings. The molecule has 0 amide bonds. The summed E-state index contributed by atoms with van der Waals surface area (Å²) in [4.78, 5) is 11.4. The molecule has 0 bridgehead atoms. The summed E-state index contributed by atoms with van der Waals surface area (Å²) in [5.41, 5.74) is 6.60. The number of carbonyl (C=O) groups is 1. The van der Waals surface area contributed by atoms with Gasteiger partial charge in [0.2, 0.25) is 0 Å². The predicted molar refractivity (Wildman–Crippen MR) is 75.1 cm³/mol. The minimum Gasteiger partial charge on any atom is -0.482 e. The highest BCUT2D eigenvalue weighted by atomic mass is 19.1. The molecule has 0 spiro atoms. The van der Waals surface area contributed by atoms with E-state index in [0.29, 0.717) is 12.2 Å². The lowest BCUT2D eigenvalue weighted by atomic mass is 10.0. The highest BCUT2D eigenvalue weighted by Gasteiger charge is 2.09. The first-order valence-electron chi connectivity index (χ1n) is 6.78. The van der Waals surface area contributed by atoms with E-state index in [1.165, 1.54) is 12.1 Å². The number of nitrogens with two attached hydrogens (primary N) is 1. The zero-order valence-electron chi connectivity index (χ0n) is 12.2. The van der Waals surface area contributed by atoms with E-state index in [1.54, 1.807) is 19.9 Å². The van der Waals surface area contributed by atoms with Gasteiger partial charge in [0.25, 0.3) is 0 Å². The highest BCUT2D eigenvalue weighted by molar-refractivity contribution is 5.71. The Kier molecular flexibility index (Phi) is 6.45. The third-order valence-electron chi connectivity index (χ3n) is 2.68. The van der Waals surface area contributed by atoms with E-state index < -0.39 is 11.8 Å². The van der Waals surface area contributed by atoms with Gasteiger partial charge >= 0.3 is 5.97 Å². The van der Waals surface area contributed by atoms with Crippen molar-refractivity contribution in [3.05, 3.63) is 29.6 Å². The molecule has 0 aliphatic heterocycles. The van der Waals surface area contributed by atoms with Crippen LogP contribution in [0.25, 0.3) is 0 Å². The monoisotopic (exact) mass is 283 g/mol. The second-order valence-corrected chi connectivity index (χ2v) is 4.99. The van der Waals surface area contributed by atoms with E-state index in [2.05, 4.69) is 0 Å². The lowest BCUT2D eigenvalue weighted by Gasteiger charge is -2.12. The predicted octanol–water partition coefficient (Wildman–Crippen LogP) is 2.44. The van der Waals surface area contributed by atoms with Crippen molar-refractivity contribution < 1.29 is 18.7 Å². The van der Waals surface area contributed by atoms with Crippen molar-refractivity contribution in [3.8, 4) is 5.75 Å². The molecule has 4 nitrogen and oxygen atoms in total. The lowest BCUT2D eigenvalue weighted by molar-refractivity contribution is -0.149. The second kappa shape index (κ2) is 7.85. The molecule has 0 aliphatic rings. The van der Waals surface area contributed by atoms with Gasteiger partial charge in [0.05, 0.1) is 6.10 Å². The van der Waals surface area contributed by atoms with Crippen LogP contribution in [-0.2, 0) is 16.0 Å². The summed E-state index contributed by atoms with van der Waals surface area (Å²) in [6.07, 6.45) is 1.19. The Morgan fingerprint density at radius 1 is 1.35 bits per heavy atom. The van der Waals surface area contributed by atoms with E-state index in [4.69, 9.17) is 15.2 Å². The zero-order valence-corrected chi connectivity index (χ0v) is 12.2. The number of hydrogen-bond donors (Lipinski definition) is 1. The molecule has 5 heteroatoms. The third kappa shape index (κ3) is 6.02. The normalized spacial score (nSPS) is 12.3. The molecule has 112 valence electrons. The first kappa shape index (κ1) is 16.4. The molecule has 2 N–H and O–H groups in total. The van der Waals surface area contributed by atoms with E-state index >= 15 is 0 Å². The van der Waals surface area contributed by atoms with Gasteiger partial charge in [0.15, 0.2) is 6.61 Å². The first-order valence-corrected chi connectivity index (χ1v) is 6.78. The second-order valence-electron chi connectivity index (χ2n) is 4.99. The summed E-state index contributed by atoms with van der Waals surface area (Å²) in [5, 5.41) is 0. The molecule has 0 aromatic heterocycles. The summed E-state index contributed by atoms with van der Waals surface area (Å²) >= 11 is 0. The van der Waals surface area contributed by atoms with E-state index in [1.807, 2.05) is 6.92 Å². The van der Waals surface area contributed by atoms with Gasteiger partial charge in [-0.2, -0.15) is 0 Å². The third-order valence-corrected chi connectivity index (χ3v) is 2.68. The smallest absolute Gasteiger partial charge is 0.344 e. The number of rotatable bonds is 7. The Morgan fingerprint density at radius 3 is 2.65 bits per heavy atom. The van der Waals surface area contributed by atoms with Gasteiger partial charge in [0, 0.05) is 12.1 Å². The average Bonchev–Trinajstić information content (AvgIpc) is 2.34. The molecule has 1 unspecified atom stereocenters. The minimum absolute atomic E-state index is 0.0180. The van der Waals surface area contributed by atoms with Crippen LogP contribution >= 0.6 is 0 Å². The number of carbonyl (C=O) groups excluding carboxylic acids is 1. The SMILES string of the molecule is CCC(N)Cc1cc(F)cc(OCC(=O)OC(C)C)c1. The largest absolute Gasteiger partial charge is 0.482 e. The summed E-state index contributed by atoms with van der Waals surface area (Å²) in [6, 6.07) is 4.34. The number of benzene rings is 1. The zero-order chi connectivity index (χ0) is 15.1. The molecular formula is C15H22FNO3. The number of esters is 1. The maximum absolute atomic E-state index is 13.5. The van der Waals surface area contributed by atoms with Crippen molar-refractivity contribution in [3.63, 3.8) is 0 Å². The molecule has 0 aliphatic carbocycles. The maximum atomic E-state index is 13.5. The molecule has 0 saturated carbocycles. The van der Waals surface area contributed by atoms with Crippen LogP contribution in [0.15, 0.2) is 18.2 Å². The van der Waals surface area contributed by atoms with E-state index in [-0.39, 0.29) is 18.8 Å². The Balaban J connectivity index is 2.63. The van der Waals surface area contributed by atoms with Crippen LogP contribution in [0.5, 0.6) is 5.75 Å². The van der Waals surface area contributed by atoms with Crippen LogP contribution in [0.1, 0.15) is 32.8 Å². The van der Waals surface area contributed by atoms with Crippen LogP contribution in [0.4, 0.5) is 4.39 Å². The summed E-state index contributed by atoms with van der Waals surface area (Å²) in [5.74, 6) is -0.571. The van der Waals surface area contributed by atoms with Crippen molar-refractivity contribution >= 4 is 5.97 Å². The van der Waals surface area contributed by atoms with Crippen molar-refractivity contribution in [2.24, 2.45) is 5.73 Å². The lowest BCUT2D eigenvalue weighted by Crippen LogP contribution is -2.21. The summed E-state index contributed by atoms with van der Waals surface area (Å²) in [7, 11) is 0. The fourth-order valence-electron chi connectivity index (χ4n) is 1.71. The summed E-state index contributed by atoms with van der Waals surface area (Å²) < 4.78 is 23.7. The van der Waals surface area contributed by atoms with E-state index in [0.717, 1.165) is 12.0 Å². The average molecular weight is 283 g/mol. The van der Waals surface area contributed by atoms with Crippen LogP contribution in [0.3, 0.4) is 0 Å². The first-order chi connectivity index (χ1) is 9.40. The molecule has 0 heterocycles. The quantitative estimate of drug-likeness (QED) is 0.781. The van der Waals surface area contributed by atoms with Crippen LogP contribution in [-0.4, -0.2) is 24.7 Å². The highest BCUT2D eigenvalue weighted by Crippen LogP contribution is 2.18. The molecule has 1 aromatic carbocycles. The fraction of sp³-hybridized carbons (Fsp3) is 0.533. The molecule has 1 aromatic rings. The van der Waals surface area contributed by atoms with Gasteiger partial charge in [-0.15, -0.1) is 0 Å². The van der Waals surface area contributed by atoms with Crippen LogP contribution in [0, 0.1) is 5.82 Å². The molecule has 1 rings (SSSR count). The maximum Gasteiger partial charge on any atom is 0.344 e. The Morgan fingerprint density at radius 2 is 2.05 bits per heavy atom. The van der Waals surface area contributed by atoms with Gasteiger partial charge in [0.1, 0.15) is 11.6 Å². The topological polar surface area (TPSA) is 61.5 Å². The van der Waals surface area contributed by atoms with Crippen LogP contribution in [0.2, 0.25) is 0 Å². The number of ether oxygens (including phenoxy) is 2. The molecule has 20 heavy (non-hydrogen) atoms. The van der Waals surface area contributed by atoms with Gasteiger partial charge < -0.3 is 15.2 Å². The van der Waals surface area contributed by atoms with Gasteiger partial charge in [-0.3, -0.25) is 0 Å². The number of hydrogen-bond acceptors (Lipinski definition) is 4. The minimum atomic E-state index is -0.476. The fourth-order valence-corrected chi connectivity index (χ4v) is 1.71. The van der Waals surface area contributed by atoms with E-state index in [9.17, 15) is 9.18 Å². The van der Waals surface area contributed by atoms with Gasteiger partial charge in [-0.25, -0.2) is 9.18 Å². The summed E-state index contributed by atoms with van der Waals surface area (Å²) in [6.45, 7) is 5.25. The van der Waals surface area contributed by atoms with Crippen molar-refractivity contribution in [1.82, 2.24) is 0 Å². The molecular weight excluding hydrogens is 261 g/mol. The Bertz CT molecular complexity index is 449. The van der Waals surface area contributed by atoms with Crippen molar-refractivity contribution in [2.75, 3.05) is 6.61 Å². The van der Waals surface area contributed by atoms with Gasteiger partial charge in [-0.1, -0.05) is 6.92 Å². The standard InChI is InChI=1S/C15H22FNO3/c1-4-13(17)6-11-5-12(16)8-14(7-11)19-9-15(18)20-10(2)3/h5,7-8,10,13H,4,6,9,17H2,1-3H3. The van der Waals surface area contributed by atoms with Crippen molar-refractivity contribution in [1.29, 1.82) is 0 Å². The molecule has 0 saturated heterocycles. The molecule has 1 atom stereocenters. The molecule has 0 radical (unpaired) electrons. The van der Waals surface area contributed by atoms with Gasteiger partial charge in [-0.05, 0) is 44.4 Å². The van der Waals surface area contributed by atoms with Crippen molar-refractivity contribution in [2.45, 2.75) is 45.8 Å². The van der Waals surface area contributed by atoms with Crippen LogP contribution < -0.4 is 10.5 Å². The Hall–Kier alpha value is -1.62. The number of halogens is 1. The Labute approximate surface area is 119 Å².